The summed E-state index contributed by atoms with van der Waals surface area (Å²) in [5.74, 6) is 0.129. The van der Waals surface area contributed by atoms with Gasteiger partial charge in [-0.3, -0.25) is 4.79 Å². The molecule has 0 saturated carbocycles. The van der Waals surface area contributed by atoms with Gasteiger partial charge in [0.25, 0.3) is 0 Å². The summed E-state index contributed by atoms with van der Waals surface area (Å²) in [5.41, 5.74) is 2.68. The molecule has 3 heteroatoms. The van der Waals surface area contributed by atoms with Crippen molar-refractivity contribution in [3.05, 3.63) is 57.8 Å². The molecule has 2 nitrogen and oxygen atoms in total. The molecule has 0 aliphatic heterocycles. The predicted molar refractivity (Wildman–Crippen MR) is 78.3 cm³/mol. The molecule has 19 heavy (non-hydrogen) atoms. The Morgan fingerprint density at radius 1 is 1.26 bits per heavy atom. The second kappa shape index (κ2) is 5.57. The van der Waals surface area contributed by atoms with Gasteiger partial charge in [0.05, 0.1) is 12.5 Å². The van der Waals surface area contributed by atoms with Crippen molar-refractivity contribution in [1.82, 2.24) is 5.32 Å². The molecule has 0 saturated heterocycles. The Morgan fingerprint density at radius 3 is 3.00 bits per heavy atom. The second-order valence-electron chi connectivity index (χ2n) is 4.97. The van der Waals surface area contributed by atoms with E-state index < -0.39 is 0 Å². The van der Waals surface area contributed by atoms with E-state index in [4.69, 9.17) is 0 Å². The Hall–Kier alpha value is -1.61. The van der Waals surface area contributed by atoms with Crippen molar-refractivity contribution < 1.29 is 4.79 Å². The molecule has 0 spiro atoms. The summed E-state index contributed by atoms with van der Waals surface area (Å²) in [6, 6.07) is 12.6. The molecule has 1 atom stereocenters. The van der Waals surface area contributed by atoms with E-state index in [2.05, 4.69) is 29.6 Å². The van der Waals surface area contributed by atoms with Gasteiger partial charge in [0.1, 0.15) is 0 Å². The van der Waals surface area contributed by atoms with E-state index in [1.807, 2.05) is 17.5 Å². The van der Waals surface area contributed by atoms with Gasteiger partial charge in [-0.05, 0) is 41.8 Å². The highest BCUT2D eigenvalue weighted by atomic mass is 32.1. The zero-order valence-electron chi connectivity index (χ0n) is 10.8. The summed E-state index contributed by atoms with van der Waals surface area (Å²) in [6.45, 7) is 0. The second-order valence-corrected chi connectivity index (χ2v) is 6.00. The number of fused-ring (bicyclic) bond motifs is 1. The fourth-order valence-electron chi connectivity index (χ4n) is 2.72. The summed E-state index contributed by atoms with van der Waals surface area (Å²) in [6.07, 6.45) is 3.83. The third kappa shape index (κ3) is 2.87. The number of benzene rings is 1. The van der Waals surface area contributed by atoms with Crippen molar-refractivity contribution in [1.29, 1.82) is 0 Å². The molecule has 1 aromatic heterocycles. The number of amides is 1. The molecule has 1 heterocycles. The molecular weight excluding hydrogens is 254 g/mol. The molecule has 0 fully saturated rings. The molecule has 0 radical (unpaired) electrons. The summed E-state index contributed by atoms with van der Waals surface area (Å²) >= 11 is 1.64. The van der Waals surface area contributed by atoms with Crippen molar-refractivity contribution >= 4 is 17.2 Å². The Balaban J connectivity index is 1.69. The Labute approximate surface area is 117 Å². The van der Waals surface area contributed by atoms with Crippen LogP contribution in [0.4, 0.5) is 0 Å². The van der Waals surface area contributed by atoms with E-state index >= 15 is 0 Å². The monoisotopic (exact) mass is 271 g/mol. The fourth-order valence-corrected chi connectivity index (χ4v) is 3.42. The van der Waals surface area contributed by atoms with E-state index in [1.54, 1.807) is 11.3 Å². The molecule has 1 aliphatic carbocycles. The van der Waals surface area contributed by atoms with Crippen molar-refractivity contribution in [3.8, 4) is 0 Å². The van der Waals surface area contributed by atoms with Gasteiger partial charge < -0.3 is 5.32 Å². The Morgan fingerprint density at radius 2 is 2.16 bits per heavy atom. The number of rotatable bonds is 3. The van der Waals surface area contributed by atoms with E-state index in [-0.39, 0.29) is 11.9 Å². The highest BCUT2D eigenvalue weighted by Gasteiger charge is 2.21. The highest BCUT2D eigenvalue weighted by molar-refractivity contribution is 7.10. The average Bonchev–Trinajstić information content (AvgIpc) is 2.92. The maximum atomic E-state index is 12.1. The van der Waals surface area contributed by atoms with Crippen LogP contribution in [-0.4, -0.2) is 5.91 Å². The smallest absolute Gasteiger partial charge is 0.225 e. The van der Waals surface area contributed by atoms with Crippen molar-refractivity contribution in [2.45, 2.75) is 31.7 Å². The molecule has 0 bridgehead atoms. The minimum Gasteiger partial charge on any atom is -0.349 e. The van der Waals surface area contributed by atoms with Crippen LogP contribution in [0.5, 0.6) is 0 Å². The standard InChI is InChI=1S/C16H17NOS/c18-16(11-13-7-4-10-19-13)17-15-9-3-6-12-5-1-2-8-14(12)15/h1-2,4-5,7-8,10,15H,3,6,9,11H2,(H,17,18). The van der Waals surface area contributed by atoms with Gasteiger partial charge in [0.2, 0.25) is 5.91 Å². The topological polar surface area (TPSA) is 29.1 Å². The molecule has 3 rings (SSSR count). The number of carbonyl (C=O) groups excluding carboxylic acids is 1. The first-order valence-electron chi connectivity index (χ1n) is 6.72. The van der Waals surface area contributed by atoms with Crippen LogP contribution in [0.1, 0.15) is 34.9 Å². The van der Waals surface area contributed by atoms with Crippen LogP contribution in [-0.2, 0) is 17.6 Å². The van der Waals surface area contributed by atoms with E-state index in [0.29, 0.717) is 6.42 Å². The Bertz CT molecular complexity index is 562. The van der Waals surface area contributed by atoms with Crippen LogP contribution in [0.3, 0.4) is 0 Å². The maximum absolute atomic E-state index is 12.1. The SMILES string of the molecule is O=C(Cc1cccs1)NC1CCCc2ccccc21. The Kier molecular flexibility index (Phi) is 3.65. The number of thiophene rings is 1. The third-order valence-electron chi connectivity index (χ3n) is 3.62. The molecule has 1 aromatic carbocycles. The predicted octanol–water partition coefficient (Wildman–Crippen LogP) is 3.48. The van der Waals surface area contributed by atoms with Gasteiger partial charge in [-0.15, -0.1) is 11.3 Å². The lowest BCUT2D eigenvalue weighted by Gasteiger charge is -2.26. The molecule has 1 amide bonds. The zero-order valence-corrected chi connectivity index (χ0v) is 11.6. The van der Waals surface area contributed by atoms with Crippen molar-refractivity contribution in [2.75, 3.05) is 0 Å². The lowest BCUT2D eigenvalue weighted by molar-refractivity contribution is -0.121. The average molecular weight is 271 g/mol. The number of hydrogen-bond donors (Lipinski definition) is 1. The largest absolute Gasteiger partial charge is 0.349 e. The normalized spacial score (nSPS) is 17.8. The number of nitrogens with one attached hydrogen (secondary N) is 1. The molecule has 1 aliphatic rings. The minimum absolute atomic E-state index is 0.129. The number of aryl methyl sites for hydroxylation is 1. The summed E-state index contributed by atoms with van der Waals surface area (Å²) in [5, 5.41) is 5.19. The van der Waals surface area contributed by atoms with Gasteiger partial charge in [-0.1, -0.05) is 30.3 Å². The van der Waals surface area contributed by atoms with Gasteiger partial charge in [-0.25, -0.2) is 0 Å². The highest BCUT2D eigenvalue weighted by Crippen LogP contribution is 2.29. The number of carbonyl (C=O) groups is 1. The maximum Gasteiger partial charge on any atom is 0.225 e. The van der Waals surface area contributed by atoms with E-state index in [0.717, 1.165) is 24.1 Å². The molecule has 2 aromatic rings. The molecule has 1 N–H and O–H groups in total. The van der Waals surface area contributed by atoms with E-state index in [1.165, 1.54) is 11.1 Å². The third-order valence-corrected chi connectivity index (χ3v) is 4.50. The van der Waals surface area contributed by atoms with Gasteiger partial charge >= 0.3 is 0 Å². The molecular formula is C16H17NOS. The quantitative estimate of drug-likeness (QED) is 0.909. The van der Waals surface area contributed by atoms with Crippen molar-refractivity contribution in [3.63, 3.8) is 0 Å². The van der Waals surface area contributed by atoms with Crippen LogP contribution in [0, 0.1) is 0 Å². The first-order chi connectivity index (χ1) is 9.33. The zero-order chi connectivity index (χ0) is 13.1. The summed E-state index contributed by atoms with van der Waals surface area (Å²) in [4.78, 5) is 13.2. The summed E-state index contributed by atoms with van der Waals surface area (Å²) in [7, 11) is 0. The fraction of sp³-hybridized carbons (Fsp3) is 0.312. The minimum atomic E-state index is 0.129. The first-order valence-corrected chi connectivity index (χ1v) is 7.60. The van der Waals surface area contributed by atoms with Gasteiger partial charge in [0.15, 0.2) is 0 Å². The van der Waals surface area contributed by atoms with Crippen LogP contribution in [0.15, 0.2) is 41.8 Å². The van der Waals surface area contributed by atoms with Gasteiger partial charge in [0, 0.05) is 4.88 Å². The van der Waals surface area contributed by atoms with Crippen LogP contribution in [0.2, 0.25) is 0 Å². The summed E-state index contributed by atoms with van der Waals surface area (Å²) < 4.78 is 0. The van der Waals surface area contributed by atoms with Crippen LogP contribution < -0.4 is 5.32 Å². The molecule has 1 unspecified atom stereocenters. The first kappa shape index (κ1) is 12.4. The van der Waals surface area contributed by atoms with Gasteiger partial charge in [-0.2, -0.15) is 0 Å². The molecule has 98 valence electrons. The number of hydrogen-bond acceptors (Lipinski definition) is 2. The van der Waals surface area contributed by atoms with Crippen LogP contribution >= 0.6 is 11.3 Å². The van der Waals surface area contributed by atoms with E-state index in [9.17, 15) is 4.79 Å². The van der Waals surface area contributed by atoms with Crippen molar-refractivity contribution in [2.24, 2.45) is 0 Å². The lowest BCUT2D eigenvalue weighted by atomic mass is 9.87. The van der Waals surface area contributed by atoms with Crippen LogP contribution in [0.25, 0.3) is 0 Å². The lowest BCUT2D eigenvalue weighted by Crippen LogP contribution is -2.31.